The predicted molar refractivity (Wildman–Crippen MR) is 95.6 cm³/mol. The highest BCUT2D eigenvalue weighted by molar-refractivity contribution is 5.87. The Hall–Kier alpha value is -2.21. The van der Waals surface area contributed by atoms with Crippen LogP contribution in [0.1, 0.15) is 12.0 Å². The maximum Gasteiger partial charge on any atom is 0.246 e. The van der Waals surface area contributed by atoms with E-state index < -0.39 is 0 Å². The molecule has 0 unspecified atom stereocenters. The Bertz CT molecular complexity index is 631. The van der Waals surface area contributed by atoms with E-state index in [9.17, 15) is 14.0 Å². The Labute approximate surface area is 148 Å². The molecular formula is C19H26FN3O2. The van der Waals surface area contributed by atoms with Crippen molar-refractivity contribution in [2.24, 2.45) is 0 Å². The average Bonchev–Trinajstić information content (AvgIpc) is 2.80. The molecule has 2 amide bonds. The van der Waals surface area contributed by atoms with Gasteiger partial charge in [-0.2, -0.15) is 0 Å². The van der Waals surface area contributed by atoms with Gasteiger partial charge in [-0.3, -0.25) is 9.59 Å². The summed E-state index contributed by atoms with van der Waals surface area (Å²) >= 11 is 0. The van der Waals surface area contributed by atoms with E-state index in [4.69, 9.17) is 0 Å². The fourth-order valence-electron chi connectivity index (χ4n) is 2.79. The molecule has 6 heteroatoms. The van der Waals surface area contributed by atoms with Crippen molar-refractivity contribution in [3.8, 4) is 0 Å². The molecule has 1 aromatic rings. The summed E-state index contributed by atoms with van der Waals surface area (Å²) in [6.07, 6.45) is 4.39. The quantitative estimate of drug-likeness (QED) is 0.759. The van der Waals surface area contributed by atoms with E-state index in [1.807, 2.05) is 25.1 Å². The van der Waals surface area contributed by atoms with Gasteiger partial charge in [0.25, 0.3) is 0 Å². The van der Waals surface area contributed by atoms with Crippen molar-refractivity contribution in [3.05, 3.63) is 47.8 Å². The van der Waals surface area contributed by atoms with E-state index in [1.54, 1.807) is 28.0 Å². The lowest BCUT2D eigenvalue weighted by molar-refractivity contribution is -0.131. The zero-order valence-electron chi connectivity index (χ0n) is 14.9. The second kappa shape index (κ2) is 9.32. The lowest BCUT2D eigenvalue weighted by atomic mass is 10.1. The van der Waals surface area contributed by atoms with Gasteiger partial charge in [0.05, 0.1) is 6.42 Å². The predicted octanol–water partition coefficient (Wildman–Crippen LogP) is 1.55. The second-order valence-electron chi connectivity index (χ2n) is 6.53. The maximum absolute atomic E-state index is 13.2. The highest BCUT2D eigenvalue weighted by Gasteiger charge is 2.21. The van der Waals surface area contributed by atoms with Gasteiger partial charge in [0.2, 0.25) is 11.8 Å². The number of carbonyl (C=O) groups is 2. The number of amides is 2. The molecule has 1 aromatic carbocycles. The molecule has 25 heavy (non-hydrogen) atoms. The summed E-state index contributed by atoms with van der Waals surface area (Å²) in [5, 5.41) is 0. The van der Waals surface area contributed by atoms with Crippen molar-refractivity contribution < 1.29 is 14.0 Å². The molecule has 5 nitrogen and oxygen atoms in total. The van der Waals surface area contributed by atoms with Crippen molar-refractivity contribution in [2.75, 3.05) is 46.8 Å². The Balaban J connectivity index is 1.86. The number of nitrogens with zero attached hydrogens (tertiary/aromatic N) is 3. The zero-order valence-corrected chi connectivity index (χ0v) is 14.9. The molecule has 0 radical (unpaired) electrons. The summed E-state index contributed by atoms with van der Waals surface area (Å²) in [6.45, 7) is 3.04. The van der Waals surface area contributed by atoms with Gasteiger partial charge >= 0.3 is 0 Å². The Morgan fingerprint density at radius 3 is 2.60 bits per heavy atom. The van der Waals surface area contributed by atoms with Crippen molar-refractivity contribution in [3.63, 3.8) is 0 Å². The van der Waals surface area contributed by atoms with E-state index in [1.165, 1.54) is 12.1 Å². The van der Waals surface area contributed by atoms with Crippen LogP contribution in [0.25, 0.3) is 0 Å². The molecule has 0 spiro atoms. The van der Waals surface area contributed by atoms with Gasteiger partial charge in [0.1, 0.15) is 5.82 Å². The molecule has 1 fully saturated rings. The van der Waals surface area contributed by atoms with Crippen molar-refractivity contribution in [1.82, 2.24) is 14.7 Å². The SMILES string of the molecule is CN(C)C/C=C/C(=O)N1CCCN(C(=O)Cc2cccc(F)c2)CC1. The summed E-state index contributed by atoms with van der Waals surface area (Å²) < 4.78 is 13.2. The smallest absolute Gasteiger partial charge is 0.246 e. The minimum absolute atomic E-state index is 0.0127. The van der Waals surface area contributed by atoms with Crippen LogP contribution in [0.4, 0.5) is 4.39 Å². The summed E-state index contributed by atoms with van der Waals surface area (Å²) in [6, 6.07) is 6.12. The summed E-state index contributed by atoms with van der Waals surface area (Å²) in [5.74, 6) is -0.369. The highest BCUT2D eigenvalue weighted by atomic mass is 19.1. The first kappa shape index (κ1) is 19.1. The van der Waals surface area contributed by atoms with E-state index in [2.05, 4.69) is 0 Å². The molecule has 0 saturated carbocycles. The molecule has 1 saturated heterocycles. The molecule has 1 heterocycles. The molecule has 0 aromatic heterocycles. The van der Waals surface area contributed by atoms with Crippen molar-refractivity contribution in [1.29, 1.82) is 0 Å². The Morgan fingerprint density at radius 2 is 1.88 bits per heavy atom. The van der Waals surface area contributed by atoms with Crippen LogP contribution in [0, 0.1) is 5.82 Å². The Morgan fingerprint density at radius 1 is 1.16 bits per heavy atom. The van der Waals surface area contributed by atoms with Gasteiger partial charge in [-0.25, -0.2) is 4.39 Å². The number of benzene rings is 1. The summed E-state index contributed by atoms with van der Waals surface area (Å²) in [4.78, 5) is 30.2. The maximum atomic E-state index is 13.2. The molecule has 0 atom stereocenters. The second-order valence-corrected chi connectivity index (χ2v) is 6.53. The first-order valence-corrected chi connectivity index (χ1v) is 8.58. The summed E-state index contributed by atoms with van der Waals surface area (Å²) in [5.41, 5.74) is 0.675. The number of halogens is 1. The number of likely N-dealkylation sites (N-methyl/N-ethyl adjacent to an activating group) is 1. The molecule has 0 bridgehead atoms. The van der Waals surface area contributed by atoms with Crippen LogP contribution in [-0.2, 0) is 16.0 Å². The van der Waals surface area contributed by atoms with Crippen molar-refractivity contribution >= 4 is 11.8 Å². The fourth-order valence-corrected chi connectivity index (χ4v) is 2.79. The first-order chi connectivity index (χ1) is 12.0. The molecule has 0 aliphatic carbocycles. The van der Waals surface area contributed by atoms with Gasteiger partial charge in [0, 0.05) is 38.8 Å². The van der Waals surface area contributed by atoms with Crippen LogP contribution in [0.5, 0.6) is 0 Å². The highest BCUT2D eigenvalue weighted by Crippen LogP contribution is 2.09. The molecule has 0 N–H and O–H groups in total. The molecule has 1 aliphatic rings. The van der Waals surface area contributed by atoms with E-state index in [0.29, 0.717) is 31.7 Å². The van der Waals surface area contributed by atoms with E-state index in [0.717, 1.165) is 13.0 Å². The van der Waals surface area contributed by atoms with E-state index >= 15 is 0 Å². The number of hydrogen-bond acceptors (Lipinski definition) is 3. The minimum atomic E-state index is -0.331. The number of rotatable bonds is 5. The van der Waals surface area contributed by atoms with Gasteiger partial charge in [-0.05, 0) is 38.2 Å². The van der Waals surface area contributed by atoms with Crippen molar-refractivity contribution in [2.45, 2.75) is 12.8 Å². The number of hydrogen-bond donors (Lipinski definition) is 0. The third kappa shape index (κ3) is 6.31. The molecule has 136 valence electrons. The molecule has 2 rings (SSSR count). The monoisotopic (exact) mass is 347 g/mol. The van der Waals surface area contributed by atoms with Crippen LogP contribution in [0.2, 0.25) is 0 Å². The lowest BCUT2D eigenvalue weighted by Gasteiger charge is -2.21. The van der Waals surface area contributed by atoms with Gasteiger partial charge in [-0.1, -0.05) is 18.2 Å². The van der Waals surface area contributed by atoms with Crippen LogP contribution in [-0.4, -0.2) is 73.3 Å². The minimum Gasteiger partial charge on any atom is -0.341 e. The zero-order chi connectivity index (χ0) is 18.2. The standard InChI is InChI=1S/C19H26FN3O2/c1-21(2)9-4-8-18(24)22-10-5-11-23(13-12-22)19(25)15-16-6-3-7-17(20)14-16/h3-4,6-8,14H,5,9-13,15H2,1-2H3/b8-4+. The summed E-state index contributed by atoms with van der Waals surface area (Å²) in [7, 11) is 3.89. The van der Waals surface area contributed by atoms with Crippen LogP contribution in [0.15, 0.2) is 36.4 Å². The topological polar surface area (TPSA) is 43.9 Å². The third-order valence-corrected chi connectivity index (χ3v) is 4.14. The normalized spacial score (nSPS) is 15.7. The molecular weight excluding hydrogens is 321 g/mol. The van der Waals surface area contributed by atoms with E-state index in [-0.39, 0.29) is 24.1 Å². The van der Waals surface area contributed by atoms with Crippen LogP contribution < -0.4 is 0 Å². The first-order valence-electron chi connectivity index (χ1n) is 8.58. The lowest BCUT2D eigenvalue weighted by Crippen LogP contribution is -2.37. The third-order valence-electron chi connectivity index (χ3n) is 4.14. The van der Waals surface area contributed by atoms with Crippen LogP contribution in [0.3, 0.4) is 0 Å². The Kier molecular flexibility index (Phi) is 7.13. The van der Waals surface area contributed by atoms with Gasteiger partial charge < -0.3 is 14.7 Å². The van der Waals surface area contributed by atoms with Gasteiger partial charge in [-0.15, -0.1) is 0 Å². The fraction of sp³-hybridized carbons (Fsp3) is 0.474. The van der Waals surface area contributed by atoms with Crippen LogP contribution >= 0.6 is 0 Å². The molecule has 1 aliphatic heterocycles. The van der Waals surface area contributed by atoms with Gasteiger partial charge in [0.15, 0.2) is 0 Å². The average molecular weight is 347 g/mol. The number of carbonyl (C=O) groups excluding carboxylic acids is 2. The largest absolute Gasteiger partial charge is 0.341 e.